The van der Waals surface area contributed by atoms with E-state index in [0.717, 1.165) is 30.1 Å². The molecule has 0 saturated carbocycles. The van der Waals surface area contributed by atoms with Crippen molar-refractivity contribution in [2.75, 3.05) is 23.8 Å². The maximum Gasteiger partial charge on any atom is 0.184 e. The normalized spacial score (nSPS) is 16.6. The van der Waals surface area contributed by atoms with E-state index >= 15 is 0 Å². The number of anilines is 2. The zero-order valence-electron chi connectivity index (χ0n) is 16.9. The summed E-state index contributed by atoms with van der Waals surface area (Å²) in [4.78, 5) is 4.20. The summed E-state index contributed by atoms with van der Waals surface area (Å²) >= 11 is 0. The number of hydrogen-bond donors (Lipinski definition) is 4. The molecule has 2 aromatic heterocycles. The van der Waals surface area contributed by atoms with E-state index in [1.54, 1.807) is 18.5 Å². The molecule has 1 saturated heterocycles. The Hall–Kier alpha value is -3.57. The minimum atomic E-state index is -1.11. The number of pyridine rings is 1. The van der Waals surface area contributed by atoms with Crippen LogP contribution in [0.3, 0.4) is 0 Å². The van der Waals surface area contributed by atoms with Crippen molar-refractivity contribution in [1.82, 2.24) is 20.1 Å². The molecule has 1 aliphatic rings. The van der Waals surface area contributed by atoms with Crippen molar-refractivity contribution in [3.63, 3.8) is 0 Å². The molecular formula is C20H23F2N9. The highest BCUT2D eigenvalue weighted by Crippen LogP contribution is 2.27. The number of rotatable bonds is 4. The quantitative estimate of drug-likeness (QED) is 0.215. The van der Waals surface area contributed by atoms with Gasteiger partial charge in [-0.3, -0.25) is 9.69 Å². The molecule has 0 radical (unpaired) electrons. The molecule has 3 aromatic rings. The fourth-order valence-electron chi connectivity index (χ4n) is 3.56. The van der Waals surface area contributed by atoms with Crippen molar-refractivity contribution in [1.29, 1.82) is 0 Å². The van der Waals surface area contributed by atoms with E-state index in [-0.39, 0.29) is 34.5 Å². The van der Waals surface area contributed by atoms with Crippen molar-refractivity contribution in [3.8, 4) is 11.1 Å². The molecular weight excluding hydrogens is 404 g/mol. The summed E-state index contributed by atoms with van der Waals surface area (Å²) in [6.45, 7) is 3.26. The number of nitrogens with zero attached hydrogens (tertiary/aromatic N) is 5. The molecule has 1 fully saturated rings. The van der Waals surface area contributed by atoms with Crippen molar-refractivity contribution < 1.29 is 8.78 Å². The van der Waals surface area contributed by atoms with Gasteiger partial charge < -0.3 is 16.9 Å². The van der Waals surface area contributed by atoms with E-state index < -0.39 is 11.6 Å². The zero-order chi connectivity index (χ0) is 22.1. The molecule has 4 rings (SSSR count). The van der Waals surface area contributed by atoms with Gasteiger partial charge in [-0.25, -0.2) is 19.6 Å². The number of hydrazone groups is 1. The lowest BCUT2D eigenvalue weighted by Crippen LogP contribution is -2.40. The van der Waals surface area contributed by atoms with Gasteiger partial charge in [0.15, 0.2) is 17.5 Å². The number of benzene rings is 1. The number of amidine groups is 1. The van der Waals surface area contributed by atoms with Crippen LogP contribution in [0.1, 0.15) is 23.6 Å². The van der Waals surface area contributed by atoms with Gasteiger partial charge in [-0.05, 0) is 37.6 Å². The number of nitrogen functional groups attached to an aromatic ring is 1. The molecule has 1 aliphatic heterocycles. The van der Waals surface area contributed by atoms with Crippen LogP contribution in [0.25, 0.3) is 11.1 Å². The summed E-state index contributed by atoms with van der Waals surface area (Å²) in [5.41, 5.74) is 7.73. The van der Waals surface area contributed by atoms with E-state index in [1.807, 2.05) is 10.9 Å². The van der Waals surface area contributed by atoms with Crippen LogP contribution in [0.4, 0.5) is 20.3 Å². The molecule has 7 N–H and O–H groups in total. The van der Waals surface area contributed by atoms with Gasteiger partial charge >= 0.3 is 0 Å². The van der Waals surface area contributed by atoms with Gasteiger partial charge in [-0.2, -0.15) is 10.2 Å². The molecule has 9 nitrogen and oxygen atoms in total. The van der Waals surface area contributed by atoms with Crippen molar-refractivity contribution in [2.45, 2.75) is 19.4 Å². The van der Waals surface area contributed by atoms with E-state index in [1.165, 1.54) is 19.1 Å². The Balaban J connectivity index is 1.69. The van der Waals surface area contributed by atoms with E-state index in [4.69, 9.17) is 17.4 Å². The smallest absolute Gasteiger partial charge is 0.184 e. The summed E-state index contributed by atoms with van der Waals surface area (Å²) in [7, 11) is 0. The van der Waals surface area contributed by atoms with Crippen LogP contribution >= 0.6 is 0 Å². The van der Waals surface area contributed by atoms with Gasteiger partial charge in [0.2, 0.25) is 0 Å². The lowest BCUT2D eigenvalue weighted by molar-refractivity contribution is 0.491. The van der Waals surface area contributed by atoms with Crippen molar-refractivity contribution >= 4 is 17.3 Å². The Morgan fingerprint density at radius 1 is 1.26 bits per heavy atom. The maximum absolute atomic E-state index is 14.5. The lowest BCUT2D eigenvalue weighted by atomic mass is 10.1. The molecule has 162 valence electrons. The third-order valence-corrected chi connectivity index (χ3v) is 5.37. The standard InChI is InChI=1S/C20H23F2N9/c1-11-2-3-16(18(22)17(11)21)31(25)20(29-24)15-6-12(7-27-19(15)23)13-8-28-30(10-13)14-4-5-26-9-14/h2-3,6-8,10,14,26H,4-5,9,24-25H2,1H3,(H2,23,27)/b29-20-. The van der Waals surface area contributed by atoms with Gasteiger partial charge in [-0.1, -0.05) is 6.07 Å². The number of hydrogen-bond acceptors (Lipinski definition) is 7. The van der Waals surface area contributed by atoms with E-state index in [0.29, 0.717) is 5.56 Å². The Bertz CT molecular complexity index is 1140. The first-order chi connectivity index (χ1) is 14.9. The van der Waals surface area contributed by atoms with Gasteiger partial charge in [0, 0.05) is 30.1 Å². The lowest BCUT2D eigenvalue weighted by Gasteiger charge is -2.22. The SMILES string of the molecule is Cc1ccc(N(N)/C(=N\N)c2cc(-c3cnn(C4CCNC4)c3)cnc2N)c(F)c1F. The largest absolute Gasteiger partial charge is 0.383 e. The molecule has 1 unspecified atom stereocenters. The van der Waals surface area contributed by atoms with Crippen molar-refractivity contribution in [2.24, 2.45) is 16.8 Å². The number of nitrogens with two attached hydrogens (primary N) is 3. The Morgan fingerprint density at radius 2 is 2.06 bits per heavy atom. The second-order valence-electron chi connectivity index (χ2n) is 7.36. The topological polar surface area (TPSA) is 136 Å². The van der Waals surface area contributed by atoms with Gasteiger partial charge in [0.05, 0.1) is 23.5 Å². The summed E-state index contributed by atoms with van der Waals surface area (Å²) in [6.07, 6.45) is 6.23. The highest BCUT2D eigenvalue weighted by Gasteiger charge is 2.23. The summed E-state index contributed by atoms with van der Waals surface area (Å²) in [5.74, 6) is 9.51. The average molecular weight is 427 g/mol. The highest BCUT2D eigenvalue weighted by molar-refractivity contribution is 6.12. The van der Waals surface area contributed by atoms with Gasteiger partial charge in [0.25, 0.3) is 0 Å². The number of aromatic nitrogens is 3. The van der Waals surface area contributed by atoms with Crippen LogP contribution in [0, 0.1) is 18.6 Å². The highest BCUT2D eigenvalue weighted by atomic mass is 19.2. The van der Waals surface area contributed by atoms with Gasteiger partial charge in [-0.15, -0.1) is 0 Å². The zero-order valence-corrected chi connectivity index (χ0v) is 16.9. The second kappa shape index (κ2) is 8.28. The molecule has 11 heteroatoms. The van der Waals surface area contributed by atoms with Gasteiger partial charge in [0.1, 0.15) is 5.82 Å². The number of halogens is 2. The molecule has 3 heterocycles. The Morgan fingerprint density at radius 3 is 2.77 bits per heavy atom. The first kappa shape index (κ1) is 20.7. The Kier molecular flexibility index (Phi) is 5.53. The van der Waals surface area contributed by atoms with Crippen LogP contribution in [0.2, 0.25) is 0 Å². The first-order valence-electron chi connectivity index (χ1n) is 9.69. The van der Waals surface area contributed by atoms with Crippen LogP contribution in [0.5, 0.6) is 0 Å². The van der Waals surface area contributed by atoms with Crippen LogP contribution in [-0.2, 0) is 0 Å². The van der Waals surface area contributed by atoms with E-state index in [9.17, 15) is 8.78 Å². The fraction of sp³-hybridized carbons (Fsp3) is 0.250. The molecule has 31 heavy (non-hydrogen) atoms. The summed E-state index contributed by atoms with van der Waals surface area (Å²) < 4.78 is 30.4. The van der Waals surface area contributed by atoms with E-state index in [2.05, 4.69) is 20.5 Å². The molecule has 1 aromatic carbocycles. The molecule has 0 aliphatic carbocycles. The maximum atomic E-state index is 14.5. The minimum Gasteiger partial charge on any atom is -0.383 e. The number of nitrogens with one attached hydrogen (secondary N) is 1. The fourth-order valence-corrected chi connectivity index (χ4v) is 3.56. The summed E-state index contributed by atoms with van der Waals surface area (Å²) in [5, 5.41) is 12.3. The monoisotopic (exact) mass is 427 g/mol. The Labute approximate surface area is 177 Å². The summed E-state index contributed by atoms with van der Waals surface area (Å²) in [6, 6.07) is 4.72. The molecule has 0 bridgehead atoms. The van der Waals surface area contributed by atoms with Crippen LogP contribution < -0.4 is 27.7 Å². The predicted octanol–water partition coefficient (Wildman–Crippen LogP) is 1.65. The van der Waals surface area contributed by atoms with Crippen LogP contribution in [-0.4, -0.2) is 33.7 Å². The van der Waals surface area contributed by atoms with Crippen LogP contribution in [0.15, 0.2) is 41.9 Å². The average Bonchev–Trinajstić information content (AvgIpc) is 3.46. The minimum absolute atomic E-state index is 0.0682. The van der Waals surface area contributed by atoms with Crippen molar-refractivity contribution in [3.05, 3.63) is 59.6 Å². The molecule has 1 atom stereocenters. The first-order valence-corrected chi connectivity index (χ1v) is 9.69. The predicted molar refractivity (Wildman–Crippen MR) is 115 cm³/mol. The number of hydrazine groups is 1. The third-order valence-electron chi connectivity index (χ3n) is 5.37. The third kappa shape index (κ3) is 3.80. The molecule has 0 amide bonds. The molecule has 0 spiro atoms. The second-order valence-corrected chi connectivity index (χ2v) is 7.36. The number of aryl methyl sites for hydroxylation is 1.